The largest absolute Gasteiger partial charge is 0.352 e. The number of benzene rings is 1. The maximum absolute atomic E-state index is 12.4. The zero-order valence-electron chi connectivity index (χ0n) is 14.2. The Kier molecular flexibility index (Phi) is 5.08. The van der Waals surface area contributed by atoms with E-state index in [1.165, 1.54) is 36.7 Å². The van der Waals surface area contributed by atoms with Gasteiger partial charge in [0.1, 0.15) is 0 Å². The standard InChI is InChI=1S/C16H22N4O3S2/c1-10(15(21)18-11-5-3-4-6-11)24-16-19-13-9-12(25(17,22)23)7-8-14(13)20(16)2/h7-11H,3-6H2,1-2H3,(H,18,21)(H2,17,22,23). The van der Waals surface area contributed by atoms with E-state index in [2.05, 4.69) is 10.3 Å². The van der Waals surface area contributed by atoms with Gasteiger partial charge >= 0.3 is 0 Å². The summed E-state index contributed by atoms with van der Waals surface area (Å²) in [6.07, 6.45) is 4.44. The fourth-order valence-electron chi connectivity index (χ4n) is 3.04. The first-order valence-electron chi connectivity index (χ1n) is 8.22. The van der Waals surface area contributed by atoms with E-state index in [0.717, 1.165) is 18.4 Å². The van der Waals surface area contributed by atoms with Crippen LogP contribution in [0.25, 0.3) is 11.0 Å². The molecule has 1 heterocycles. The Labute approximate surface area is 151 Å². The number of aromatic nitrogens is 2. The second kappa shape index (κ2) is 6.97. The lowest BCUT2D eigenvalue weighted by atomic mass is 10.2. The van der Waals surface area contributed by atoms with Crippen molar-refractivity contribution in [3.05, 3.63) is 18.2 Å². The van der Waals surface area contributed by atoms with Gasteiger partial charge in [0.15, 0.2) is 5.16 Å². The molecule has 0 bridgehead atoms. The van der Waals surface area contributed by atoms with E-state index in [1.54, 1.807) is 6.07 Å². The topological polar surface area (TPSA) is 107 Å². The van der Waals surface area contributed by atoms with Crippen LogP contribution in [-0.2, 0) is 21.9 Å². The maximum atomic E-state index is 12.4. The van der Waals surface area contributed by atoms with Crippen molar-refractivity contribution in [2.24, 2.45) is 12.2 Å². The fraction of sp³-hybridized carbons (Fsp3) is 0.500. The molecule has 1 atom stereocenters. The fourth-order valence-corrected chi connectivity index (χ4v) is 4.47. The summed E-state index contributed by atoms with van der Waals surface area (Å²) in [5.74, 6) is 0.00850. The van der Waals surface area contributed by atoms with E-state index in [0.29, 0.717) is 10.7 Å². The Morgan fingerprint density at radius 3 is 2.72 bits per heavy atom. The molecule has 7 nitrogen and oxygen atoms in total. The predicted molar refractivity (Wildman–Crippen MR) is 97.8 cm³/mol. The molecule has 3 N–H and O–H groups in total. The van der Waals surface area contributed by atoms with Crippen LogP contribution in [0.4, 0.5) is 0 Å². The molecule has 0 aliphatic heterocycles. The third-order valence-electron chi connectivity index (χ3n) is 4.49. The Morgan fingerprint density at radius 2 is 2.08 bits per heavy atom. The molecule has 9 heteroatoms. The number of thioether (sulfide) groups is 1. The number of aryl methyl sites for hydroxylation is 1. The molecular formula is C16H22N4O3S2. The lowest BCUT2D eigenvalue weighted by Crippen LogP contribution is -2.37. The third kappa shape index (κ3) is 3.99. The molecule has 1 aromatic carbocycles. The predicted octanol–water partition coefficient (Wildman–Crippen LogP) is 1.76. The average Bonchev–Trinajstić information content (AvgIpc) is 3.15. The maximum Gasteiger partial charge on any atom is 0.238 e. The van der Waals surface area contributed by atoms with Gasteiger partial charge in [0, 0.05) is 13.1 Å². The van der Waals surface area contributed by atoms with Crippen LogP contribution in [0, 0.1) is 0 Å². The smallest absolute Gasteiger partial charge is 0.238 e. The number of rotatable bonds is 5. The molecule has 0 saturated heterocycles. The van der Waals surface area contributed by atoms with Crippen molar-refractivity contribution in [3.8, 4) is 0 Å². The molecule has 1 unspecified atom stereocenters. The van der Waals surface area contributed by atoms with Crippen molar-refractivity contribution in [2.45, 2.75) is 54.0 Å². The van der Waals surface area contributed by atoms with E-state index in [9.17, 15) is 13.2 Å². The summed E-state index contributed by atoms with van der Waals surface area (Å²) in [7, 11) is -1.92. The Balaban J connectivity index is 1.78. The minimum Gasteiger partial charge on any atom is -0.352 e. The van der Waals surface area contributed by atoms with E-state index in [-0.39, 0.29) is 22.1 Å². The van der Waals surface area contributed by atoms with Gasteiger partial charge in [-0.05, 0) is 38.0 Å². The Bertz CT molecular complexity index is 901. The van der Waals surface area contributed by atoms with Gasteiger partial charge in [0.2, 0.25) is 15.9 Å². The number of sulfonamides is 1. The van der Waals surface area contributed by atoms with E-state index >= 15 is 0 Å². The number of nitrogens with two attached hydrogens (primary N) is 1. The number of amides is 1. The number of hydrogen-bond donors (Lipinski definition) is 2. The first-order valence-corrected chi connectivity index (χ1v) is 10.6. The van der Waals surface area contributed by atoms with Crippen LogP contribution >= 0.6 is 11.8 Å². The van der Waals surface area contributed by atoms with Crippen LogP contribution in [0.5, 0.6) is 0 Å². The van der Waals surface area contributed by atoms with Crippen LogP contribution in [-0.4, -0.2) is 35.2 Å². The monoisotopic (exact) mass is 382 g/mol. The highest BCUT2D eigenvalue weighted by Gasteiger charge is 2.23. The van der Waals surface area contributed by atoms with Gasteiger partial charge in [0.05, 0.1) is 21.2 Å². The zero-order valence-corrected chi connectivity index (χ0v) is 15.9. The summed E-state index contributed by atoms with van der Waals surface area (Å²) in [5.41, 5.74) is 1.33. The third-order valence-corrected chi connectivity index (χ3v) is 6.55. The van der Waals surface area contributed by atoms with E-state index in [1.807, 2.05) is 18.5 Å². The van der Waals surface area contributed by atoms with Crippen molar-refractivity contribution >= 4 is 38.7 Å². The number of hydrogen-bond acceptors (Lipinski definition) is 5. The molecule has 0 radical (unpaired) electrons. The van der Waals surface area contributed by atoms with Crippen molar-refractivity contribution < 1.29 is 13.2 Å². The van der Waals surface area contributed by atoms with E-state index < -0.39 is 10.0 Å². The highest BCUT2D eigenvalue weighted by molar-refractivity contribution is 8.00. The number of imidazole rings is 1. The van der Waals surface area contributed by atoms with Gasteiger partial charge in [-0.15, -0.1) is 0 Å². The Hall–Kier alpha value is -1.58. The summed E-state index contributed by atoms with van der Waals surface area (Å²) in [6.45, 7) is 1.85. The normalized spacial score (nSPS) is 17.1. The van der Waals surface area contributed by atoms with Gasteiger partial charge in [-0.3, -0.25) is 4.79 Å². The van der Waals surface area contributed by atoms with Crippen LogP contribution in [0.15, 0.2) is 28.3 Å². The average molecular weight is 383 g/mol. The SMILES string of the molecule is CC(Sc1nc2cc(S(N)(=O)=O)ccc2n1C)C(=O)NC1CCCC1. The van der Waals surface area contributed by atoms with Crippen molar-refractivity contribution in [2.75, 3.05) is 0 Å². The second-order valence-corrected chi connectivity index (χ2v) is 9.27. The first-order chi connectivity index (χ1) is 11.8. The number of nitrogens with one attached hydrogen (secondary N) is 1. The van der Waals surface area contributed by atoms with Crippen molar-refractivity contribution in [1.82, 2.24) is 14.9 Å². The van der Waals surface area contributed by atoms with Gasteiger partial charge in [0.25, 0.3) is 0 Å². The molecule has 1 aliphatic carbocycles. The van der Waals surface area contributed by atoms with Crippen LogP contribution in [0.3, 0.4) is 0 Å². The second-order valence-electron chi connectivity index (χ2n) is 6.40. The summed E-state index contributed by atoms with van der Waals surface area (Å²) < 4.78 is 24.8. The molecule has 1 aromatic heterocycles. The number of primary sulfonamides is 1. The van der Waals surface area contributed by atoms with Crippen molar-refractivity contribution in [3.63, 3.8) is 0 Å². The molecule has 1 saturated carbocycles. The van der Waals surface area contributed by atoms with Gasteiger partial charge in [-0.25, -0.2) is 18.5 Å². The van der Waals surface area contributed by atoms with Gasteiger partial charge < -0.3 is 9.88 Å². The van der Waals surface area contributed by atoms with Gasteiger partial charge in [-0.2, -0.15) is 0 Å². The molecule has 1 aliphatic rings. The van der Waals surface area contributed by atoms with Crippen molar-refractivity contribution in [1.29, 1.82) is 0 Å². The molecular weight excluding hydrogens is 360 g/mol. The Morgan fingerprint density at radius 1 is 1.40 bits per heavy atom. The number of carbonyl (C=O) groups excluding carboxylic acids is 1. The van der Waals surface area contributed by atoms with Gasteiger partial charge in [-0.1, -0.05) is 24.6 Å². The minimum absolute atomic E-state index is 0.00850. The number of fused-ring (bicyclic) bond motifs is 1. The summed E-state index contributed by atoms with van der Waals surface area (Å²) >= 11 is 1.36. The molecule has 1 amide bonds. The highest BCUT2D eigenvalue weighted by Crippen LogP contribution is 2.28. The quantitative estimate of drug-likeness (QED) is 0.766. The highest BCUT2D eigenvalue weighted by atomic mass is 32.2. The van der Waals surface area contributed by atoms with Crippen LogP contribution in [0.2, 0.25) is 0 Å². The molecule has 136 valence electrons. The number of nitrogens with zero attached hydrogens (tertiary/aromatic N) is 2. The number of carbonyl (C=O) groups is 1. The van der Waals surface area contributed by atoms with Crippen LogP contribution < -0.4 is 10.5 Å². The van der Waals surface area contributed by atoms with Crippen LogP contribution in [0.1, 0.15) is 32.6 Å². The molecule has 0 spiro atoms. The molecule has 25 heavy (non-hydrogen) atoms. The molecule has 3 rings (SSSR count). The lowest BCUT2D eigenvalue weighted by molar-refractivity contribution is -0.120. The minimum atomic E-state index is -3.77. The molecule has 2 aromatic rings. The first kappa shape index (κ1) is 18.2. The summed E-state index contributed by atoms with van der Waals surface area (Å²) in [5, 5.41) is 8.64. The zero-order chi connectivity index (χ0) is 18.2. The van der Waals surface area contributed by atoms with E-state index in [4.69, 9.17) is 5.14 Å². The lowest BCUT2D eigenvalue weighted by Gasteiger charge is -2.16. The molecule has 1 fully saturated rings. The summed E-state index contributed by atoms with van der Waals surface area (Å²) in [4.78, 5) is 16.8. The summed E-state index contributed by atoms with van der Waals surface area (Å²) in [6, 6.07) is 4.88.